The van der Waals surface area contributed by atoms with E-state index in [9.17, 15) is 9.59 Å². The molecule has 37 heavy (non-hydrogen) atoms. The Morgan fingerprint density at radius 3 is 2.35 bits per heavy atom. The van der Waals surface area contributed by atoms with E-state index in [1.54, 1.807) is 4.90 Å². The number of amides is 2. The van der Waals surface area contributed by atoms with E-state index in [1.165, 1.54) is 11.3 Å². The van der Waals surface area contributed by atoms with Gasteiger partial charge in [-0.25, -0.2) is 0 Å². The number of carbonyl (C=O) groups is 2. The predicted octanol–water partition coefficient (Wildman–Crippen LogP) is 2.33. The molecule has 9 nitrogen and oxygen atoms in total. The molecular formula is C27H32N6O3S. The Bertz CT molecular complexity index is 1140. The van der Waals surface area contributed by atoms with Crippen molar-refractivity contribution in [1.82, 2.24) is 24.9 Å². The molecule has 194 valence electrons. The van der Waals surface area contributed by atoms with Crippen molar-refractivity contribution < 1.29 is 14.3 Å². The summed E-state index contributed by atoms with van der Waals surface area (Å²) in [5, 5.41) is 10.7. The molecule has 2 aromatic heterocycles. The van der Waals surface area contributed by atoms with Crippen LogP contribution in [0.15, 0.2) is 60.0 Å². The van der Waals surface area contributed by atoms with Crippen molar-refractivity contribution in [1.29, 1.82) is 0 Å². The summed E-state index contributed by atoms with van der Waals surface area (Å²) in [6.07, 6.45) is 0. The van der Waals surface area contributed by atoms with Crippen LogP contribution in [0.3, 0.4) is 0 Å². The van der Waals surface area contributed by atoms with Crippen LogP contribution < -0.4 is 4.90 Å². The summed E-state index contributed by atoms with van der Waals surface area (Å²) >= 11 is 1.41. The second kappa shape index (κ2) is 12.3. The maximum absolute atomic E-state index is 13.2. The van der Waals surface area contributed by atoms with Gasteiger partial charge in [0, 0.05) is 57.9 Å². The van der Waals surface area contributed by atoms with Crippen LogP contribution in [0.2, 0.25) is 0 Å². The fourth-order valence-corrected chi connectivity index (χ4v) is 5.29. The molecule has 5 rings (SSSR count). The first-order chi connectivity index (χ1) is 18.2. The number of hydrogen-bond donors (Lipinski definition) is 0. The minimum Gasteiger partial charge on any atom is -0.379 e. The third kappa shape index (κ3) is 6.51. The number of anilines is 1. The van der Waals surface area contributed by atoms with Crippen molar-refractivity contribution in [2.45, 2.75) is 0 Å². The van der Waals surface area contributed by atoms with Gasteiger partial charge in [0.2, 0.25) is 5.91 Å². The van der Waals surface area contributed by atoms with Crippen molar-refractivity contribution in [3.05, 3.63) is 64.9 Å². The SMILES string of the molecule is O=C(CN(CCN1CCOCC1)C(=O)c1cccs1)N1CCN(c2ccc(-c3ccccc3)nn2)CC1. The van der Waals surface area contributed by atoms with Gasteiger partial charge in [-0.1, -0.05) is 36.4 Å². The number of rotatable bonds is 8. The first kappa shape index (κ1) is 25.3. The monoisotopic (exact) mass is 520 g/mol. The van der Waals surface area contributed by atoms with E-state index in [4.69, 9.17) is 4.74 Å². The topological polar surface area (TPSA) is 82.1 Å². The summed E-state index contributed by atoms with van der Waals surface area (Å²) in [5.74, 6) is 0.716. The maximum Gasteiger partial charge on any atom is 0.264 e. The fourth-order valence-electron chi connectivity index (χ4n) is 4.60. The van der Waals surface area contributed by atoms with Crippen LogP contribution in [0.25, 0.3) is 11.3 Å². The Balaban J connectivity index is 1.16. The number of hydrogen-bond acceptors (Lipinski definition) is 8. The van der Waals surface area contributed by atoms with Gasteiger partial charge < -0.3 is 19.4 Å². The van der Waals surface area contributed by atoms with Crippen LogP contribution in [0.5, 0.6) is 0 Å². The second-order valence-electron chi connectivity index (χ2n) is 9.17. The summed E-state index contributed by atoms with van der Waals surface area (Å²) < 4.78 is 5.43. The van der Waals surface area contributed by atoms with E-state index in [2.05, 4.69) is 20.0 Å². The van der Waals surface area contributed by atoms with Crippen LogP contribution in [0.4, 0.5) is 5.82 Å². The van der Waals surface area contributed by atoms with Gasteiger partial charge >= 0.3 is 0 Å². The number of aromatic nitrogens is 2. The zero-order chi connectivity index (χ0) is 25.5. The lowest BCUT2D eigenvalue weighted by atomic mass is 10.1. The summed E-state index contributed by atoms with van der Waals surface area (Å²) in [6.45, 7) is 7.01. The van der Waals surface area contributed by atoms with Gasteiger partial charge in [0.1, 0.15) is 6.54 Å². The van der Waals surface area contributed by atoms with Crippen molar-refractivity contribution in [3.63, 3.8) is 0 Å². The van der Waals surface area contributed by atoms with E-state index in [1.807, 2.05) is 64.9 Å². The number of piperazine rings is 1. The maximum atomic E-state index is 13.2. The van der Waals surface area contributed by atoms with Gasteiger partial charge in [-0.2, -0.15) is 0 Å². The molecule has 0 atom stereocenters. The molecule has 2 aliphatic rings. The first-order valence-electron chi connectivity index (χ1n) is 12.7. The minimum absolute atomic E-state index is 0.0166. The Morgan fingerprint density at radius 2 is 1.68 bits per heavy atom. The van der Waals surface area contributed by atoms with Gasteiger partial charge in [0.25, 0.3) is 5.91 Å². The van der Waals surface area contributed by atoms with Crippen molar-refractivity contribution >= 4 is 29.0 Å². The average molecular weight is 521 g/mol. The molecular weight excluding hydrogens is 488 g/mol. The van der Waals surface area contributed by atoms with Gasteiger partial charge in [-0.15, -0.1) is 21.5 Å². The largest absolute Gasteiger partial charge is 0.379 e. The first-order valence-corrected chi connectivity index (χ1v) is 13.6. The van der Waals surface area contributed by atoms with E-state index in [0.717, 1.165) is 36.7 Å². The van der Waals surface area contributed by atoms with Crippen molar-refractivity contribution in [2.24, 2.45) is 0 Å². The number of carbonyl (C=O) groups excluding carboxylic acids is 2. The lowest BCUT2D eigenvalue weighted by molar-refractivity contribution is -0.132. The fraction of sp³-hybridized carbons (Fsp3) is 0.407. The molecule has 4 heterocycles. The third-order valence-electron chi connectivity index (χ3n) is 6.81. The van der Waals surface area contributed by atoms with E-state index >= 15 is 0 Å². The zero-order valence-corrected chi connectivity index (χ0v) is 21.7. The molecule has 3 aromatic rings. The quantitative estimate of drug-likeness (QED) is 0.451. The summed E-state index contributed by atoms with van der Waals surface area (Å²) in [6, 6.07) is 17.6. The lowest BCUT2D eigenvalue weighted by Crippen LogP contribution is -2.52. The van der Waals surface area contributed by atoms with Gasteiger partial charge in [-0.05, 0) is 23.6 Å². The van der Waals surface area contributed by atoms with Crippen LogP contribution in [-0.4, -0.2) is 109 Å². The van der Waals surface area contributed by atoms with Crippen molar-refractivity contribution in [2.75, 3.05) is 77.0 Å². The molecule has 2 saturated heterocycles. The molecule has 0 spiro atoms. The number of benzene rings is 1. The lowest BCUT2D eigenvalue weighted by Gasteiger charge is -2.36. The van der Waals surface area contributed by atoms with Crippen LogP contribution in [0, 0.1) is 0 Å². The molecule has 0 radical (unpaired) electrons. The Kier molecular flexibility index (Phi) is 8.39. The highest BCUT2D eigenvalue weighted by atomic mass is 32.1. The standard InChI is InChI=1S/C27H32N6O3S/c34-26(21-33(27(35)24-7-4-20-37-24)11-10-30-16-18-36-19-17-30)32-14-12-31(13-15-32)25-9-8-23(28-29-25)22-5-2-1-3-6-22/h1-9,20H,10-19,21H2. The highest BCUT2D eigenvalue weighted by Crippen LogP contribution is 2.19. The predicted molar refractivity (Wildman–Crippen MR) is 144 cm³/mol. The minimum atomic E-state index is -0.0796. The molecule has 0 saturated carbocycles. The van der Waals surface area contributed by atoms with E-state index in [-0.39, 0.29) is 18.4 Å². The smallest absolute Gasteiger partial charge is 0.264 e. The van der Waals surface area contributed by atoms with Crippen LogP contribution in [-0.2, 0) is 9.53 Å². The Morgan fingerprint density at radius 1 is 0.892 bits per heavy atom. The third-order valence-corrected chi connectivity index (χ3v) is 7.67. The molecule has 2 fully saturated rings. The van der Waals surface area contributed by atoms with Crippen molar-refractivity contribution in [3.8, 4) is 11.3 Å². The molecule has 1 aromatic carbocycles. The molecule has 0 unspecified atom stereocenters. The number of ether oxygens (including phenoxy) is 1. The van der Waals surface area contributed by atoms with Crippen LogP contribution in [0.1, 0.15) is 9.67 Å². The Labute approximate surface area is 221 Å². The van der Waals surface area contributed by atoms with E-state index < -0.39 is 0 Å². The Hall–Kier alpha value is -3.34. The number of thiophene rings is 1. The molecule has 0 aliphatic carbocycles. The van der Waals surface area contributed by atoms with Gasteiger partial charge in [-0.3, -0.25) is 14.5 Å². The highest BCUT2D eigenvalue weighted by Gasteiger charge is 2.27. The molecule has 0 N–H and O–H groups in total. The van der Waals surface area contributed by atoms with Crippen LogP contribution >= 0.6 is 11.3 Å². The summed E-state index contributed by atoms with van der Waals surface area (Å²) in [5.41, 5.74) is 1.87. The zero-order valence-electron chi connectivity index (χ0n) is 20.9. The van der Waals surface area contributed by atoms with Gasteiger partial charge in [0.05, 0.1) is 23.8 Å². The summed E-state index contributed by atoms with van der Waals surface area (Å²) in [7, 11) is 0. The highest BCUT2D eigenvalue weighted by molar-refractivity contribution is 7.12. The second-order valence-corrected chi connectivity index (χ2v) is 10.1. The van der Waals surface area contributed by atoms with Gasteiger partial charge in [0.15, 0.2) is 5.82 Å². The molecule has 2 amide bonds. The van der Waals surface area contributed by atoms with E-state index in [0.29, 0.717) is 50.8 Å². The molecule has 2 aliphatic heterocycles. The normalized spacial score (nSPS) is 16.5. The molecule has 0 bridgehead atoms. The summed E-state index contributed by atoms with van der Waals surface area (Å²) in [4.78, 5) is 35.0. The average Bonchev–Trinajstić information content (AvgIpc) is 3.51. The number of nitrogens with zero attached hydrogens (tertiary/aromatic N) is 6. The molecule has 10 heteroatoms. The number of morpholine rings is 1.